The Labute approximate surface area is 114 Å². The molecule has 0 radical (unpaired) electrons. The van der Waals surface area contributed by atoms with Crippen molar-refractivity contribution in [2.24, 2.45) is 5.92 Å². The van der Waals surface area contributed by atoms with Crippen LogP contribution in [0.15, 0.2) is 23.9 Å². The molecule has 0 amide bonds. The molecule has 0 saturated heterocycles. The topological polar surface area (TPSA) is 74.7 Å². The highest BCUT2D eigenvalue weighted by molar-refractivity contribution is 7.73. The van der Waals surface area contributed by atoms with Gasteiger partial charge in [-0.3, -0.25) is 4.79 Å². The van der Waals surface area contributed by atoms with E-state index in [0.29, 0.717) is 0 Å². The average molecular weight is 285 g/mol. The minimum absolute atomic E-state index is 0.0813. The first-order chi connectivity index (χ1) is 9.01. The molecule has 0 spiro atoms. The van der Waals surface area contributed by atoms with Crippen molar-refractivity contribution < 1.29 is 18.3 Å². The molecular formula is C13H19NO4S. The molecule has 1 rings (SSSR count). The summed E-state index contributed by atoms with van der Waals surface area (Å²) >= 11 is 0. The van der Waals surface area contributed by atoms with Crippen molar-refractivity contribution in [1.82, 2.24) is 4.90 Å². The summed E-state index contributed by atoms with van der Waals surface area (Å²) < 4.78 is 22.3. The first-order valence-corrected chi connectivity index (χ1v) is 7.42. The number of carbonyl (C=O) groups is 1. The Morgan fingerprint density at radius 3 is 2.32 bits per heavy atom. The van der Waals surface area contributed by atoms with Crippen LogP contribution in [0.25, 0.3) is 0 Å². The van der Waals surface area contributed by atoms with Gasteiger partial charge in [0.05, 0.1) is 4.86 Å². The number of hydrogen-bond acceptors (Lipinski definition) is 4. The van der Waals surface area contributed by atoms with Gasteiger partial charge in [0.25, 0.3) is 0 Å². The third kappa shape index (κ3) is 3.96. The maximum atomic E-state index is 11.2. The number of rotatable bonds is 6. The first kappa shape index (κ1) is 15.5. The van der Waals surface area contributed by atoms with Gasteiger partial charge in [-0.1, -0.05) is 19.9 Å². The minimum atomic E-state index is -2.52. The van der Waals surface area contributed by atoms with Gasteiger partial charge in [0, 0.05) is 18.8 Å². The van der Waals surface area contributed by atoms with Gasteiger partial charge in [0.15, 0.2) is 0 Å². The van der Waals surface area contributed by atoms with Crippen molar-refractivity contribution in [2.45, 2.75) is 26.7 Å². The summed E-state index contributed by atoms with van der Waals surface area (Å²) in [6, 6.07) is 0. The number of carboxylic acid groups (broad SMARTS) is 1. The number of nitrogens with zero attached hydrogens (tertiary/aromatic N) is 1. The molecule has 1 aliphatic carbocycles. The molecule has 1 unspecified atom stereocenters. The molecule has 0 heterocycles. The molecule has 0 aliphatic heterocycles. The van der Waals surface area contributed by atoms with Crippen molar-refractivity contribution in [3.8, 4) is 0 Å². The summed E-state index contributed by atoms with van der Waals surface area (Å²) in [6.07, 6.45) is 6.49. The van der Waals surface area contributed by atoms with Crippen LogP contribution in [0.3, 0.4) is 0 Å². The lowest BCUT2D eigenvalue weighted by molar-refractivity contribution is -0.137. The lowest BCUT2D eigenvalue weighted by Gasteiger charge is -2.27. The molecule has 6 heteroatoms. The summed E-state index contributed by atoms with van der Waals surface area (Å²) in [6.45, 7) is 5.74. The van der Waals surface area contributed by atoms with Crippen LogP contribution in [-0.4, -0.2) is 42.3 Å². The quantitative estimate of drug-likeness (QED) is 0.745. The summed E-state index contributed by atoms with van der Waals surface area (Å²) in [5, 5.41) is 9.00. The molecule has 106 valence electrons. The lowest BCUT2D eigenvalue weighted by atomic mass is 9.98. The summed E-state index contributed by atoms with van der Waals surface area (Å²) in [5.74, 6) is -2.23. The molecular weight excluding hydrogens is 266 g/mol. The molecule has 1 N–H and O–H groups in total. The fourth-order valence-electron chi connectivity index (χ4n) is 2.04. The standard InChI is InChI=1S/C13H19NO4S/c1-3-7-14(8-4-2)10-5-6-11(13(15)16)12(9-10)19(17)18/h5-6,9,11H,3-4,7-8H2,1-2H3,(H,15,16). The van der Waals surface area contributed by atoms with Gasteiger partial charge in [0.2, 0.25) is 10.3 Å². The number of hydrogen-bond donors (Lipinski definition) is 1. The van der Waals surface area contributed by atoms with Gasteiger partial charge in [-0.05, 0) is 25.0 Å². The Bertz CT molecular complexity index is 517. The van der Waals surface area contributed by atoms with Crippen LogP contribution in [0.2, 0.25) is 0 Å². The molecule has 0 saturated carbocycles. The molecule has 0 aromatic rings. The fourth-order valence-corrected chi connectivity index (χ4v) is 2.64. The molecule has 1 atom stereocenters. The van der Waals surface area contributed by atoms with Crippen molar-refractivity contribution >= 4 is 21.1 Å². The highest BCUT2D eigenvalue weighted by atomic mass is 32.2. The van der Waals surface area contributed by atoms with Gasteiger partial charge in [-0.25, -0.2) is 0 Å². The predicted molar refractivity (Wildman–Crippen MR) is 74.4 cm³/mol. The molecule has 19 heavy (non-hydrogen) atoms. The summed E-state index contributed by atoms with van der Waals surface area (Å²) in [5.41, 5.74) is 0.764. The van der Waals surface area contributed by atoms with E-state index < -0.39 is 22.2 Å². The Morgan fingerprint density at radius 1 is 1.32 bits per heavy atom. The molecule has 0 aromatic heterocycles. The Balaban J connectivity index is 3.12. The Morgan fingerprint density at radius 2 is 1.89 bits per heavy atom. The van der Waals surface area contributed by atoms with Crippen LogP contribution >= 0.6 is 0 Å². The van der Waals surface area contributed by atoms with E-state index in [9.17, 15) is 13.2 Å². The third-order valence-corrected chi connectivity index (χ3v) is 3.62. The second-order valence-electron chi connectivity index (χ2n) is 4.37. The maximum Gasteiger partial charge on any atom is 0.315 e. The second-order valence-corrected chi connectivity index (χ2v) is 5.31. The zero-order valence-corrected chi connectivity index (χ0v) is 12.0. The van der Waals surface area contributed by atoms with Crippen molar-refractivity contribution in [2.75, 3.05) is 13.1 Å². The summed E-state index contributed by atoms with van der Waals surface area (Å²) in [4.78, 5) is 13.0. The predicted octanol–water partition coefficient (Wildman–Crippen LogP) is 1.31. The van der Waals surface area contributed by atoms with Gasteiger partial charge >= 0.3 is 5.97 Å². The smallest absolute Gasteiger partial charge is 0.315 e. The Hall–Kier alpha value is -1.56. The number of allylic oxidation sites excluding steroid dienone is 2. The fraction of sp³-hybridized carbons (Fsp3) is 0.538. The van der Waals surface area contributed by atoms with Crippen molar-refractivity contribution in [3.63, 3.8) is 0 Å². The minimum Gasteiger partial charge on any atom is -0.481 e. The van der Waals surface area contributed by atoms with E-state index in [1.165, 1.54) is 12.2 Å². The van der Waals surface area contributed by atoms with E-state index in [0.717, 1.165) is 31.6 Å². The average Bonchev–Trinajstić information content (AvgIpc) is 2.37. The van der Waals surface area contributed by atoms with E-state index in [-0.39, 0.29) is 4.86 Å². The molecule has 0 aromatic carbocycles. The van der Waals surface area contributed by atoms with E-state index >= 15 is 0 Å². The highest BCUT2D eigenvalue weighted by Gasteiger charge is 2.25. The van der Waals surface area contributed by atoms with Gasteiger partial charge in [-0.15, -0.1) is 0 Å². The first-order valence-electron chi connectivity index (χ1n) is 6.35. The van der Waals surface area contributed by atoms with E-state index in [4.69, 9.17) is 5.11 Å². The monoisotopic (exact) mass is 285 g/mol. The van der Waals surface area contributed by atoms with Crippen LogP contribution in [-0.2, 0) is 15.1 Å². The van der Waals surface area contributed by atoms with Crippen LogP contribution in [0.1, 0.15) is 26.7 Å². The van der Waals surface area contributed by atoms with Crippen LogP contribution in [0.5, 0.6) is 0 Å². The summed E-state index contributed by atoms with van der Waals surface area (Å²) in [7, 11) is -2.52. The van der Waals surface area contributed by atoms with E-state index in [1.807, 2.05) is 13.8 Å². The van der Waals surface area contributed by atoms with Crippen LogP contribution < -0.4 is 0 Å². The zero-order chi connectivity index (χ0) is 14.4. The SMILES string of the molecule is CCCN(CCC)C1=CC(=S(=O)=O)C(C(=O)O)C=C1. The second kappa shape index (κ2) is 7.13. The number of aliphatic carboxylic acids is 1. The molecule has 0 bridgehead atoms. The van der Waals surface area contributed by atoms with E-state index in [1.54, 1.807) is 6.08 Å². The molecule has 1 aliphatic rings. The number of carboxylic acids is 1. The van der Waals surface area contributed by atoms with Crippen LogP contribution in [0.4, 0.5) is 0 Å². The van der Waals surface area contributed by atoms with Crippen molar-refractivity contribution in [1.29, 1.82) is 0 Å². The van der Waals surface area contributed by atoms with E-state index in [2.05, 4.69) is 4.90 Å². The molecule has 0 fully saturated rings. The highest BCUT2D eigenvalue weighted by Crippen LogP contribution is 2.18. The third-order valence-electron chi connectivity index (χ3n) is 2.87. The van der Waals surface area contributed by atoms with Gasteiger partial charge < -0.3 is 10.0 Å². The lowest BCUT2D eigenvalue weighted by Crippen LogP contribution is -2.30. The van der Waals surface area contributed by atoms with Crippen molar-refractivity contribution in [3.05, 3.63) is 23.9 Å². The van der Waals surface area contributed by atoms with Gasteiger partial charge in [0.1, 0.15) is 5.92 Å². The van der Waals surface area contributed by atoms with Crippen LogP contribution in [0, 0.1) is 5.92 Å². The molecule has 5 nitrogen and oxygen atoms in total. The normalized spacial score (nSPS) is 18.1. The maximum absolute atomic E-state index is 11.2. The van der Waals surface area contributed by atoms with Gasteiger partial charge in [-0.2, -0.15) is 8.42 Å². The largest absolute Gasteiger partial charge is 0.481 e. The Kier molecular flexibility index (Phi) is 5.82. The zero-order valence-electron chi connectivity index (χ0n) is 11.2.